The van der Waals surface area contributed by atoms with E-state index in [1.807, 2.05) is 0 Å². The van der Waals surface area contributed by atoms with Crippen LogP contribution in [-0.4, -0.2) is 23.7 Å². The van der Waals surface area contributed by atoms with Crippen molar-refractivity contribution in [1.82, 2.24) is 0 Å². The van der Waals surface area contributed by atoms with Crippen LogP contribution in [-0.2, 0) is 14.3 Å². The van der Waals surface area contributed by atoms with Gasteiger partial charge in [0.15, 0.2) is 0 Å². The molecule has 1 unspecified atom stereocenters. The topological polar surface area (TPSA) is 63.6 Å². The summed E-state index contributed by atoms with van der Waals surface area (Å²) in [4.78, 5) is 22.9. The Labute approximate surface area is 191 Å². The van der Waals surface area contributed by atoms with E-state index in [2.05, 4.69) is 25.7 Å². The normalized spacial score (nSPS) is 12.2. The smallest absolute Gasteiger partial charge is 0.307 e. The molecule has 0 bridgehead atoms. The molecule has 180 valence electrons. The molecule has 0 aliphatic carbocycles. The fourth-order valence-electron chi connectivity index (χ4n) is 3.72. The lowest BCUT2D eigenvalue weighted by Crippen LogP contribution is -2.19. The van der Waals surface area contributed by atoms with Crippen LogP contribution in [0.15, 0.2) is 24.8 Å². The Hall–Kier alpha value is -1.58. The fourth-order valence-corrected chi connectivity index (χ4v) is 3.72. The predicted octanol–water partition coefficient (Wildman–Crippen LogP) is 8.01. The minimum Gasteiger partial charge on any atom is -0.481 e. The summed E-state index contributed by atoms with van der Waals surface area (Å²) in [6.07, 6.45) is 26.8. The van der Waals surface area contributed by atoms with Gasteiger partial charge in [-0.2, -0.15) is 0 Å². The highest BCUT2D eigenvalue weighted by Crippen LogP contribution is 2.17. The first-order chi connectivity index (χ1) is 15.1. The highest BCUT2D eigenvalue weighted by Gasteiger charge is 2.21. The zero-order valence-corrected chi connectivity index (χ0v) is 20.1. The number of unbranched alkanes of at least 4 members (excludes halogenated alkanes) is 14. The summed E-state index contributed by atoms with van der Waals surface area (Å²) in [5, 5.41) is 9.26. The number of esters is 1. The third-order valence-electron chi connectivity index (χ3n) is 5.69. The van der Waals surface area contributed by atoms with Gasteiger partial charge in [0.2, 0.25) is 0 Å². The van der Waals surface area contributed by atoms with Crippen molar-refractivity contribution in [3.05, 3.63) is 24.8 Å². The number of hydrogen-bond acceptors (Lipinski definition) is 3. The molecule has 4 nitrogen and oxygen atoms in total. The Morgan fingerprint density at radius 2 is 1.29 bits per heavy atom. The van der Waals surface area contributed by atoms with Crippen molar-refractivity contribution in [2.24, 2.45) is 5.92 Å². The van der Waals surface area contributed by atoms with Crippen LogP contribution < -0.4 is 0 Å². The molecule has 0 saturated heterocycles. The summed E-state index contributed by atoms with van der Waals surface area (Å²) < 4.78 is 4.89. The summed E-state index contributed by atoms with van der Waals surface area (Å²) in [5.74, 6) is -1.99. The van der Waals surface area contributed by atoms with Gasteiger partial charge in [0.1, 0.15) is 6.61 Å². The van der Waals surface area contributed by atoms with Crippen LogP contribution in [0.1, 0.15) is 122 Å². The number of allylic oxidation sites excluding steroid dienone is 2. The average Bonchev–Trinajstić information content (AvgIpc) is 2.75. The number of carboxylic acids is 1. The van der Waals surface area contributed by atoms with Gasteiger partial charge in [-0.15, -0.1) is 0 Å². The van der Waals surface area contributed by atoms with Crippen molar-refractivity contribution in [2.75, 3.05) is 6.61 Å². The Morgan fingerprint density at radius 3 is 1.77 bits per heavy atom. The van der Waals surface area contributed by atoms with Gasteiger partial charge in [0.05, 0.1) is 12.3 Å². The molecule has 0 spiro atoms. The lowest BCUT2D eigenvalue weighted by Gasteiger charge is -2.11. The largest absolute Gasteiger partial charge is 0.481 e. The molecule has 1 N–H and O–H groups in total. The Morgan fingerprint density at radius 1 is 0.806 bits per heavy atom. The van der Waals surface area contributed by atoms with Gasteiger partial charge in [-0.25, -0.2) is 0 Å². The standard InChI is InChI=1S/C27H48O4/c1-3-5-6-7-8-9-10-11-12-13-14-15-16-17-18-19-20-21-22-25(27(29)30)24-26(28)31-23-4-2/h4,10-11,25H,2-3,5-9,12-24H2,1H3,(H,29,30)/b11-10+. The van der Waals surface area contributed by atoms with Crippen molar-refractivity contribution in [1.29, 1.82) is 0 Å². The second-order valence-electron chi connectivity index (χ2n) is 8.64. The molecule has 0 aromatic heterocycles. The molecule has 0 aromatic carbocycles. The molecule has 0 fully saturated rings. The molecule has 0 heterocycles. The monoisotopic (exact) mass is 436 g/mol. The predicted molar refractivity (Wildman–Crippen MR) is 130 cm³/mol. The lowest BCUT2D eigenvalue weighted by molar-refractivity contribution is -0.151. The fraction of sp³-hybridized carbons (Fsp3) is 0.778. The summed E-state index contributed by atoms with van der Waals surface area (Å²) in [6, 6.07) is 0. The molecule has 0 amide bonds. The van der Waals surface area contributed by atoms with E-state index >= 15 is 0 Å². The summed E-state index contributed by atoms with van der Waals surface area (Å²) in [5.41, 5.74) is 0. The number of carbonyl (C=O) groups excluding carboxylic acids is 1. The van der Waals surface area contributed by atoms with Gasteiger partial charge < -0.3 is 9.84 Å². The van der Waals surface area contributed by atoms with Gasteiger partial charge in [-0.05, 0) is 32.1 Å². The van der Waals surface area contributed by atoms with Crippen LogP contribution in [0.25, 0.3) is 0 Å². The molecule has 4 heteroatoms. The maximum absolute atomic E-state index is 11.6. The quantitative estimate of drug-likeness (QED) is 0.100. The Balaban J connectivity index is 3.45. The second-order valence-corrected chi connectivity index (χ2v) is 8.64. The van der Waals surface area contributed by atoms with Crippen molar-refractivity contribution in [3.8, 4) is 0 Å². The van der Waals surface area contributed by atoms with E-state index in [1.54, 1.807) is 0 Å². The van der Waals surface area contributed by atoms with Crippen LogP contribution in [0, 0.1) is 5.92 Å². The van der Waals surface area contributed by atoms with Crippen LogP contribution in [0.2, 0.25) is 0 Å². The molecule has 0 aliphatic rings. The highest BCUT2D eigenvalue weighted by molar-refractivity contribution is 5.78. The molecule has 0 radical (unpaired) electrons. The van der Waals surface area contributed by atoms with E-state index in [0.29, 0.717) is 6.42 Å². The molecule has 0 rings (SSSR count). The summed E-state index contributed by atoms with van der Waals surface area (Å²) >= 11 is 0. The molecule has 1 atom stereocenters. The SMILES string of the molecule is C=CCOC(=O)CC(CCCCCCCCCCC/C=C/CCCCCCC)C(=O)O. The number of hydrogen-bond donors (Lipinski definition) is 1. The third kappa shape index (κ3) is 21.4. The van der Waals surface area contributed by atoms with Crippen LogP contribution in [0.5, 0.6) is 0 Å². The molecule has 0 aromatic rings. The summed E-state index contributed by atoms with van der Waals surface area (Å²) in [7, 11) is 0. The molecular formula is C27H48O4. The number of aliphatic carboxylic acids is 1. The highest BCUT2D eigenvalue weighted by atomic mass is 16.5. The molecule has 0 aliphatic heterocycles. The summed E-state index contributed by atoms with van der Waals surface area (Å²) in [6.45, 7) is 5.88. The first-order valence-corrected chi connectivity index (χ1v) is 12.8. The average molecular weight is 437 g/mol. The lowest BCUT2D eigenvalue weighted by atomic mass is 9.97. The van der Waals surface area contributed by atoms with E-state index in [9.17, 15) is 14.7 Å². The van der Waals surface area contributed by atoms with Crippen LogP contribution >= 0.6 is 0 Å². The van der Waals surface area contributed by atoms with E-state index in [0.717, 1.165) is 19.3 Å². The second kappa shape index (κ2) is 23.1. The number of ether oxygens (including phenoxy) is 1. The third-order valence-corrected chi connectivity index (χ3v) is 5.69. The van der Waals surface area contributed by atoms with Gasteiger partial charge in [0, 0.05) is 0 Å². The zero-order valence-electron chi connectivity index (χ0n) is 20.1. The minimum atomic E-state index is -0.905. The number of rotatable bonds is 23. The Kier molecular flexibility index (Phi) is 21.9. The van der Waals surface area contributed by atoms with E-state index in [4.69, 9.17) is 4.74 Å². The van der Waals surface area contributed by atoms with Crippen molar-refractivity contribution in [3.63, 3.8) is 0 Å². The molecular weight excluding hydrogens is 388 g/mol. The van der Waals surface area contributed by atoms with Gasteiger partial charge in [-0.3, -0.25) is 9.59 Å². The van der Waals surface area contributed by atoms with Crippen molar-refractivity contribution < 1.29 is 19.4 Å². The van der Waals surface area contributed by atoms with Crippen LogP contribution in [0.4, 0.5) is 0 Å². The molecule has 31 heavy (non-hydrogen) atoms. The van der Waals surface area contributed by atoms with Crippen molar-refractivity contribution >= 4 is 11.9 Å². The van der Waals surface area contributed by atoms with Gasteiger partial charge in [0.25, 0.3) is 0 Å². The Bertz CT molecular complexity index is 470. The van der Waals surface area contributed by atoms with Crippen molar-refractivity contribution in [2.45, 2.75) is 122 Å². The first kappa shape index (κ1) is 29.4. The number of carboxylic acid groups (broad SMARTS) is 1. The maximum Gasteiger partial charge on any atom is 0.307 e. The van der Waals surface area contributed by atoms with E-state index < -0.39 is 17.9 Å². The number of carbonyl (C=O) groups is 2. The van der Waals surface area contributed by atoms with E-state index in [-0.39, 0.29) is 13.0 Å². The maximum atomic E-state index is 11.6. The zero-order chi connectivity index (χ0) is 23.0. The van der Waals surface area contributed by atoms with Gasteiger partial charge in [-0.1, -0.05) is 109 Å². The van der Waals surface area contributed by atoms with Crippen LogP contribution in [0.3, 0.4) is 0 Å². The first-order valence-electron chi connectivity index (χ1n) is 12.8. The van der Waals surface area contributed by atoms with Gasteiger partial charge >= 0.3 is 11.9 Å². The van der Waals surface area contributed by atoms with E-state index in [1.165, 1.54) is 89.5 Å². The molecule has 0 saturated carbocycles. The minimum absolute atomic E-state index is 0.0443.